The summed E-state index contributed by atoms with van der Waals surface area (Å²) in [6, 6.07) is 68.2. The monoisotopic (exact) mass is 740 g/mol. The van der Waals surface area contributed by atoms with Crippen LogP contribution in [0, 0.1) is 0 Å². The van der Waals surface area contributed by atoms with Gasteiger partial charge in [0.2, 0.25) is 0 Å². The molecule has 0 bridgehead atoms. The second kappa shape index (κ2) is 12.8. The van der Waals surface area contributed by atoms with Gasteiger partial charge in [-0.15, -0.1) is 0 Å². The van der Waals surface area contributed by atoms with E-state index in [9.17, 15) is 0 Å². The molecule has 0 aliphatic carbocycles. The van der Waals surface area contributed by atoms with Crippen LogP contribution < -0.4 is 0 Å². The SMILES string of the molecule is c1ccc(-c2ccc3c(-c4nc(-c5ccccc5)nc(-c5cccc6oc7ccccc7c56)n4)ccc(-n4c5ccccc5c5cc6ccccc6cc54)c3c2)cc1. The molecule has 0 aliphatic heterocycles. The molecule has 58 heavy (non-hydrogen) atoms. The zero-order valence-corrected chi connectivity index (χ0v) is 31.2. The summed E-state index contributed by atoms with van der Waals surface area (Å²) in [5.74, 6) is 1.80. The maximum absolute atomic E-state index is 6.31. The average molecular weight is 741 g/mol. The Balaban J connectivity index is 1.16. The Morgan fingerprint density at radius 2 is 1.00 bits per heavy atom. The Kier molecular flexibility index (Phi) is 7.16. The Morgan fingerprint density at radius 1 is 0.345 bits per heavy atom. The van der Waals surface area contributed by atoms with E-state index >= 15 is 0 Å². The van der Waals surface area contributed by atoms with Crippen LogP contribution in [0.15, 0.2) is 199 Å². The standard InChI is InChI=1S/C53H32N4O/c1-3-14-33(15-4-1)37-26-27-38-40(28-29-46(43(38)31-37)57-45-23-11-9-20-39(45)44-30-35-18-7-8-19-36(35)32-47(44)57)52-54-51(34-16-5-2-6-17-34)55-53(56-52)42-22-13-25-49-50(42)41-21-10-12-24-48(41)58-49/h1-32H. The molecule has 3 aromatic heterocycles. The van der Waals surface area contributed by atoms with Crippen LogP contribution in [0.5, 0.6) is 0 Å². The number of hydrogen-bond acceptors (Lipinski definition) is 4. The van der Waals surface area contributed by atoms with Crippen LogP contribution in [0.2, 0.25) is 0 Å². The van der Waals surface area contributed by atoms with Crippen molar-refractivity contribution in [1.82, 2.24) is 19.5 Å². The molecular formula is C53H32N4O. The quantitative estimate of drug-likeness (QED) is 0.176. The molecule has 270 valence electrons. The van der Waals surface area contributed by atoms with Gasteiger partial charge in [0.15, 0.2) is 17.5 Å². The van der Waals surface area contributed by atoms with Crippen LogP contribution in [-0.4, -0.2) is 19.5 Å². The van der Waals surface area contributed by atoms with E-state index < -0.39 is 0 Å². The Hall–Kier alpha value is -7.89. The maximum Gasteiger partial charge on any atom is 0.164 e. The molecule has 0 aliphatic rings. The van der Waals surface area contributed by atoms with Gasteiger partial charge in [0.25, 0.3) is 0 Å². The third kappa shape index (κ3) is 5.07. The fourth-order valence-corrected chi connectivity index (χ4v) is 8.74. The number of fused-ring (bicyclic) bond motifs is 8. The van der Waals surface area contributed by atoms with E-state index in [2.05, 4.69) is 150 Å². The molecule has 3 heterocycles. The van der Waals surface area contributed by atoms with E-state index in [0.29, 0.717) is 17.5 Å². The molecule has 9 aromatic carbocycles. The molecule has 12 rings (SSSR count). The minimum absolute atomic E-state index is 0.591. The smallest absolute Gasteiger partial charge is 0.164 e. The predicted molar refractivity (Wildman–Crippen MR) is 238 cm³/mol. The molecule has 0 N–H and O–H groups in total. The summed E-state index contributed by atoms with van der Waals surface area (Å²) in [6.07, 6.45) is 0. The molecule has 0 spiro atoms. The summed E-state index contributed by atoms with van der Waals surface area (Å²) in [4.78, 5) is 15.7. The van der Waals surface area contributed by atoms with Crippen molar-refractivity contribution in [2.75, 3.05) is 0 Å². The van der Waals surface area contributed by atoms with Gasteiger partial charge in [-0.3, -0.25) is 0 Å². The number of nitrogens with zero attached hydrogens (tertiary/aromatic N) is 4. The first-order valence-electron chi connectivity index (χ1n) is 19.5. The highest BCUT2D eigenvalue weighted by atomic mass is 16.3. The van der Waals surface area contributed by atoms with Gasteiger partial charge in [0, 0.05) is 43.6 Å². The summed E-state index contributed by atoms with van der Waals surface area (Å²) in [5.41, 5.74) is 10.1. The van der Waals surface area contributed by atoms with Crippen molar-refractivity contribution in [1.29, 1.82) is 0 Å². The first-order chi connectivity index (χ1) is 28.7. The molecule has 5 nitrogen and oxygen atoms in total. The van der Waals surface area contributed by atoms with Gasteiger partial charge in [-0.25, -0.2) is 15.0 Å². The lowest BCUT2D eigenvalue weighted by molar-refractivity contribution is 0.669. The van der Waals surface area contributed by atoms with Gasteiger partial charge in [-0.1, -0.05) is 146 Å². The van der Waals surface area contributed by atoms with Crippen molar-refractivity contribution in [3.63, 3.8) is 0 Å². The highest BCUT2D eigenvalue weighted by Crippen LogP contribution is 2.41. The lowest BCUT2D eigenvalue weighted by Gasteiger charge is -2.16. The van der Waals surface area contributed by atoms with Gasteiger partial charge in [0.1, 0.15) is 11.2 Å². The molecule has 5 heteroatoms. The number of hydrogen-bond donors (Lipinski definition) is 0. The second-order valence-electron chi connectivity index (χ2n) is 14.8. The van der Waals surface area contributed by atoms with Crippen molar-refractivity contribution in [2.45, 2.75) is 0 Å². The van der Waals surface area contributed by atoms with Crippen LogP contribution >= 0.6 is 0 Å². The Morgan fingerprint density at radius 3 is 1.83 bits per heavy atom. The van der Waals surface area contributed by atoms with Crippen molar-refractivity contribution in [3.8, 4) is 51.0 Å². The first-order valence-corrected chi connectivity index (χ1v) is 19.5. The van der Waals surface area contributed by atoms with E-state index in [1.807, 2.05) is 48.5 Å². The Labute approximate surface area is 333 Å². The molecule has 0 unspecified atom stereocenters. The molecule has 0 amide bonds. The van der Waals surface area contributed by atoms with Crippen LogP contribution in [0.1, 0.15) is 0 Å². The summed E-state index contributed by atoms with van der Waals surface area (Å²) < 4.78 is 8.74. The topological polar surface area (TPSA) is 56.7 Å². The minimum atomic E-state index is 0.591. The summed E-state index contributed by atoms with van der Waals surface area (Å²) >= 11 is 0. The lowest BCUT2D eigenvalue weighted by Crippen LogP contribution is -2.02. The van der Waals surface area contributed by atoms with Gasteiger partial charge in [0.05, 0.1) is 16.7 Å². The van der Waals surface area contributed by atoms with Gasteiger partial charge in [-0.05, 0) is 75.8 Å². The molecular weight excluding hydrogens is 709 g/mol. The zero-order valence-electron chi connectivity index (χ0n) is 31.2. The van der Waals surface area contributed by atoms with Crippen molar-refractivity contribution in [2.24, 2.45) is 0 Å². The molecule has 0 saturated heterocycles. The lowest BCUT2D eigenvalue weighted by atomic mass is 9.96. The average Bonchev–Trinajstić information content (AvgIpc) is 3.83. The van der Waals surface area contributed by atoms with Crippen molar-refractivity contribution in [3.05, 3.63) is 194 Å². The van der Waals surface area contributed by atoms with Crippen LogP contribution in [0.3, 0.4) is 0 Å². The molecule has 0 radical (unpaired) electrons. The predicted octanol–water partition coefficient (Wildman–Crippen LogP) is 13.8. The summed E-state index contributed by atoms with van der Waals surface area (Å²) in [5, 5.41) is 9.03. The highest BCUT2D eigenvalue weighted by Gasteiger charge is 2.21. The van der Waals surface area contributed by atoms with Crippen LogP contribution in [0.4, 0.5) is 0 Å². The molecule has 12 aromatic rings. The maximum atomic E-state index is 6.31. The van der Waals surface area contributed by atoms with Crippen LogP contribution in [-0.2, 0) is 0 Å². The largest absolute Gasteiger partial charge is 0.456 e. The highest BCUT2D eigenvalue weighted by molar-refractivity contribution is 6.15. The van der Waals surface area contributed by atoms with E-state index in [1.54, 1.807) is 0 Å². The van der Waals surface area contributed by atoms with E-state index in [1.165, 1.54) is 21.5 Å². The van der Waals surface area contributed by atoms with E-state index in [0.717, 1.165) is 77.2 Å². The molecule has 0 fully saturated rings. The third-order valence-corrected chi connectivity index (χ3v) is 11.4. The van der Waals surface area contributed by atoms with E-state index in [-0.39, 0.29) is 0 Å². The second-order valence-corrected chi connectivity index (χ2v) is 14.8. The number of benzene rings is 9. The fraction of sp³-hybridized carbons (Fsp3) is 0. The van der Waals surface area contributed by atoms with Gasteiger partial charge < -0.3 is 8.98 Å². The number of aromatic nitrogens is 4. The summed E-state index contributed by atoms with van der Waals surface area (Å²) in [7, 11) is 0. The number of rotatable bonds is 5. The first kappa shape index (κ1) is 32.4. The van der Waals surface area contributed by atoms with Crippen LogP contribution in [0.25, 0.3) is 116 Å². The van der Waals surface area contributed by atoms with Crippen molar-refractivity contribution >= 4 is 65.3 Å². The molecule has 0 saturated carbocycles. The number of furan rings is 1. The fourth-order valence-electron chi connectivity index (χ4n) is 8.74. The van der Waals surface area contributed by atoms with Gasteiger partial charge >= 0.3 is 0 Å². The Bertz CT molecular complexity index is 3570. The minimum Gasteiger partial charge on any atom is -0.456 e. The summed E-state index contributed by atoms with van der Waals surface area (Å²) in [6.45, 7) is 0. The van der Waals surface area contributed by atoms with Gasteiger partial charge in [-0.2, -0.15) is 0 Å². The van der Waals surface area contributed by atoms with E-state index in [4.69, 9.17) is 19.4 Å². The zero-order chi connectivity index (χ0) is 38.2. The third-order valence-electron chi connectivity index (χ3n) is 11.4. The number of para-hydroxylation sites is 2. The van der Waals surface area contributed by atoms with Crippen molar-refractivity contribution < 1.29 is 4.42 Å². The molecule has 0 atom stereocenters. The normalized spacial score (nSPS) is 11.8.